The first-order valence-corrected chi connectivity index (χ1v) is 8.38. The number of hydrogen-bond donors (Lipinski definition) is 0. The highest BCUT2D eigenvalue weighted by molar-refractivity contribution is 5.67. The van der Waals surface area contributed by atoms with Crippen molar-refractivity contribution in [2.75, 3.05) is 31.1 Å². The molecule has 6 heteroatoms. The van der Waals surface area contributed by atoms with Gasteiger partial charge in [-0.3, -0.25) is 9.88 Å². The van der Waals surface area contributed by atoms with Crippen LogP contribution in [0.4, 0.5) is 10.2 Å². The summed E-state index contributed by atoms with van der Waals surface area (Å²) in [5, 5.41) is 0. The van der Waals surface area contributed by atoms with Crippen molar-refractivity contribution in [2.45, 2.75) is 25.9 Å². The molecule has 2 aromatic rings. The average Bonchev–Trinajstić information content (AvgIpc) is 2.61. The van der Waals surface area contributed by atoms with Gasteiger partial charge in [0, 0.05) is 43.6 Å². The second-order valence-electron chi connectivity index (χ2n) is 6.63. The second kappa shape index (κ2) is 6.02. The Balaban J connectivity index is 1.63. The summed E-state index contributed by atoms with van der Waals surface area (Å²) >= 11 is 0. The Hall–Kier alpha value is -2.21. The zero-order chi connectivity index (χ0) is 16.7. The summed E-state index contributed by atoms with van der Waals surface area (Å²) in [5.74, 6) is 1.22. The number of hydrogen-bond acceptors (Lipinski definition) is 5. The molecule has 2 aromatic heterocycles. The van der Waals surface area contributed by atoms with E-state index in [9.17, 15) is 4.39 Å². The minimum Gasteiger partial charge on any atom is -0.487 e. The van der Waals surface area contributed by atoms with Crippen molar-refractivity contribution in [1.29, 1.82) is 0 Å². The van der Waals surface area contributed by atoms with Gasteiger partial charge >= 0.3 is 0 Å². The Labute approximate surface area is 141 Å². The van der Waals surface area contributed by atoms with E-state index in [4.69, 9.17) is 4.74 Å². The summed E-state index contributed by atoms with van der Waals surface area (Å²) in [6.45, 7) is 8.01. The molecule has 126 valence electrons. The molecule has 0 radical (unpaired) electrons. The molecule has 1 fully saturated rings. The van der Waals surface area contributed by atoms with Crippen LogP contribution in [-0.2, 0) is 0 Å². The van der Waals surface area contributed by atoms with Gasteiger partial charge in [0.1, 0.15) is 18.1 Å². The molecule has 1 saturated heterocycles. The fourth-order valence-corrected chi connectivity index (χ4v) is 3.44. The number of anilines is 1. The summed E-state index contributed by atoms with van der Waals surface area (Å²) < 4.78 is 19.9. The lowest BCUT2D eigenvalue weighted by Gasteiger charge is -2.46. The van der Waals surface area contributed by atoms with Crippen molar-refractivity contribution in [3.05, 3.63) is 36.4 Å². The minimum atomic E-state index is -0.349. The maximum absolute atomic E-state index is 13.9. The molecule has 2 aliphatic rings. The predicted octanol–water partition coefficient (Wildman–Crippen LogP) is 2.57. The Bertz CT molecular complexity index is 752. The lowest BCUT2D eigenvalue weighted by molar-refractivity contribution is 0.140. The monoisotopic (exact) mass is 328 g/mol. The number of ether oxygens (including phenoxy) is 1. The number of aromatic nitrogens is 2. The largest absolute Gasteiger partial charge is 0.487 e. The maximum atomic E-state index is 13.9. The first kappa shape index (κ1) is 15.3. The van der Waals surface area contributed by atoms with E-state index in [2.05, 4.69) is 33.6 Å². The van der Waals surface area contributed by atoms with Crippen molar-refractivity contribution >= 4 is 5.82 Å². The summed E-state index contributed by atoms with van der Waals surface area (Å²) in [4.78, 5) is 13.5. The first-order valence-electron chi connectivity index (χ1n) is 8.38. The van der Waals surface area contributed by atoms with Crippen LogP contribution in [0.3, 0.4) is 0 Å². The van der Waals surface area contributed by atoms with E-state index in [1.165, 1.54) is 6.07 Å². The van der Waals surface area contributed by atoms with Crippen LogP contribution in [-0.4, -0.2) is 53.2 Å². The standard InChI is InChI=1S/C18H21FN4O/c1-12(2)22-6-7-23-14(10-22)11-24-16-8-13(9-21-18(16)23)17-15(19)4-3-5-20-17/h3-5,8-9,12,14H,6-7,10-11H2,1-2H3/t14-/m0/s1. The topological polar surface area (TPSA) is 41.5 Å². The van der Waals surface area contributed by atoms with Gasteiger partial charge in [-0.25, -0.2) is 9.37 Å². The SMILES string of the molecule is CC(C)N1CCN2c3ncc(-c4ncccc4F)cc3OC[C@@H]2C1. The van der Waals surface area contributed by atoms with Crippen LogP contribution >= 0.6 is 0 Å². The summed E-state index contributed by atoms with van der Waals surface area (Å²) in [6.07, 6.45) is 3.27. The molecule has 4 rings (SSSR count). The Morgan fingerprint density at radius 2 is 2.17 bits per heavy atom. The molecule has 0 spiro atoms. The zero-order valence-electron chi connectivity index (χ0n) is 13.9. The molecule has 4 heterocycles. The number of halogens is 1. The van der Waals surface area contributed by atoms with E-state index in [1.54, 1.807) is 18.5 Å². The van der Waals surface area contributed by atoms with Crippen LogP contribution in [0.25, 0.3) is 11.3 Å². The Kier molecular flexibility index (Phi) is 3.84. The van der Waals surface area contributed by atoms with Crippen molar-refractivity contribution in [3.8, 4) is 17.0 Å². The number of rotatable bonds is 2. The van der Waals surface area contributed by atoms with E-state index in [1.807, 2.05) is 6.07 Å². The summed E-state index contributed by atoms with van der Waals surface area (Å²) in [6, 6.07) is 5.69. The smallest absolute Gasteiger partial charge is 0.171 e. The summed E-state index contributed by atoms with van der Waals surface area (Å²) in [7, 11) is 0. The highest BCUT2D eigenvalue weighted by Crippen LogP contribution is 2.36. The first-order chi connectivity index (χ1) is 11.6. The molecule has 5 nitrogen and oxygen atoms in total. The molecule has 0 aliphatic carbocycles. The van der Waals surface area contributed by atoms with Gasteiger partial charge in [-0.1, -0.05) is 0 Å². The van der Waals surface area contributed by atoms with E-state index >= 15 is 0 Å². The molecule has 2 aliphatic heterocycles. The van der Waals surface area contributed by atoms with Gasteiger partial charge in [0.15, 0.2) is 11.6 Å². The Morgan fingerprint density at radius 1 is 1.29 bits per heavy atom. The van der Waals surface area contributed by atoms with E-state index < -0.39 is 0 Å². The molecular formula is C18H21FN4O. The van der Waals surface area contributed by atoms with Gasteiger partial charge in [-0.2, -0.15) is 0 Å². The van der Waals surface area contributed by atoms with Crippen molar-refractivity contribution in [2.24, 2.45) is 0 Å². The normalized spacial score (nSPS) is 20.5. The van der Waals surface area contributed by atoms with Gasteiger partial charge in [0.2, 0.25) is 0 Å². The molecule has 24 heavy (non-hydrogen) atoms. The van der Waals surface area contributed by atoms with Crippen LogP contribution in [0, 0.1) is 5.82 Å². The van der Waals surface area contributed by atoms with E-state index in [-0.39, 0.29) is 5.82 Å². The molecule has 1 atom stereocenters. The fraction of sp³-hybridized carbons (Fsp3) is 0.444. The van der Waals surface area contributed by atoms with Gasteiger partial charge in [0.25, 0.3) is 0 Å². The van der Waals surface area contributed by atoms with E-state index in [0.29, 0.717) is 35.7 Å². The summed E-state index contributed by atoms with van der Waals surface area (Å²) in [5.41, 5.74) is 0.953. The lowest BCUT2D eigenvalue weighted by Crippen LogP contribution is -2.58. The van der Waals surface area contributed by atoms with Crippen molar-refractivity contribution in [3.63, 3.8) is 0 Å². The quantitative estimate of drug-likeness (QED) is 0.847. The highest BCUT2D eigenvalue weighted by atomic mass is 19.1. The highest BCUT2D eigenvalue weighted by Gasteiger charge is 2.34. The average molecular weight is 328 g/mol. The minimum absolute atomic E-state index is 0.308. The van der Waals surface area contributed by atoms with Crippen molar-refractivity contribution < 1.29 is 9.13 Å². The van der Waals surface area contributed by atoms with Crippen LogP contribution in [0.2, 0.25) is 0 Å². The van der Waals surface area contributed by atoms with Gasteiger partial charge in [-0.05, 0) is 32.0 Å². The second-order valence-corrected chi connectivity index (χ2v) is 6.63. The van der Waals surface area contributed by atoms with Gasteiger partial charge in [-0.15, -0.1) is 0 Å². The molecule has 0 amide bonds. The van der Waals surface area contributed by atoms with Crippen LogP contribution in [0.1, 0.15) is 13.8 Å². The molecule has 0 saturated carbocycles. The number of pyridine rings is 2. The Morgan fingerprint density at radius 3 is 2.96 bits per heavy atom. The van der Waals surface area contributed by atoms with Gasteiger partial charge < -0.3 is 9.64 Å². The molecule has 0 N–H and O–H groups in total. The predicted molar refractivity (Wildman–Crippen MR) is 90.8 cm³/mol. The molecule has 0 unspecified atom stereocenters. The number of nitrogens with zero attached hydrogens (tertiary/aromatic N) is 4. The molecule has 0 aromatic carbocycles. The fourth-order valence-electron chi connectivity index (χ4n) is 3.44. The van der Waals surface area contributed by atoms with Gasteiger partial charge in [0.05, 0.1) is 6.04 Å². The number of piperazine rings is 1. The molecular weight excluding hydrogens is 307 g/mol. The lowest BCUT2D eigenvalue weighted by atomic mass is 10.1. The third kappa shape index (κ3) is 2.60. The van der Waals surface area contributed by atoms with E-state index in [0.717, 1.165) is 25.5 Å². The third-order valence-electron chi connectivity index (χ3n) is 4.81. The van der Waals surface area contributed by atoms with Crippen molar-refractivity contribution in [1.82, 2.24) is 14.9 Å². The zero-order valence-corrected chi connectivity index (χ0v) is 13.9. The van der Waals surface area contributed by atoms with Crippen LogP contribution in [0.15, 0.2) is 30.6 Å². The maximum Gasteiger partial charge on any atom is 0.171 e. The van der Waals surface area contributed by atoms with Crippen LogP contribution in [0.5, 0.6) is 5.75 Å². The third-order valence-corrected chi connectivity index (χ3v) is 4.81. The molecule has 0 bridgehead atoms. The number of fused-ring (bicyclic) bond motifs is 3. The van der Waals surface area contributed by atoms with Crippen LogP contribution < -0.4 is 9.64 Å².